The smallest absolute Gasteiger partial charge is 0.279 e. The highest BCUT2D eigenvalue weighted by Gasteiger charge is 2.29. The van der Waals surface area contributed by atoms with E-state index in [-0.39, 0.29) is 12.0 Å². The van der Waals surface area contributed by atoms with Crippen molar-refractivity contribution < 1.29 is 8.42 Å². The molecule has 1 aromatic heterocycles. The molecule has 2 unspecified atom stereocenters. The van der Waals surface area contributed by atoms with Crippen LogP contribution in [0.25, 0.3) is 0 Å². The van der Waals surface area contributed by atoms with Gasteiger partial charge in [0.25, 0.3) is 10.2 Å². The Morgan fingerprint density at radius 3 is 3.00 bits per heavy atom. The molecule has 20 heavy (non-hydrogen) atoms. The number of nitrogens with two attached hydrogens (primary N) is 1. The third kappa shape index (κ3) is 4.02. The maximum atomic E-state index is 12.3. The van der Waals surface area contributed by atoms with Crippen molar-refractivity contribution >= 4 is 10.2 Å². The van der Waals surface area contributed by atoms with Crippen molar-refractivity contribution in [3.8, 4) is 0 Å². The fraction of sp³-hybridized carbons (Fsp3) is 0.750. The topological polar surface area (TPSA) is 93.2 Å². The van der Waals surface area contributed by atoms with E-state index < -0.39 is 10.2 Å². The number of nitrogens with zero attached hydrogens (tertiary/aromatic N) is 3. The second-order valence-corrected chi connectivity index (χ2v) is 7.06. The zero-order valence-electron chi connectivity index (χ0n) is 11.8. The zero-order chi connectivity index (χ0) is 14.6. The summed E-state index contributed by atoms with van der Waals surface area (Å²) in [5, 5.41) is 4.08. The van der Waals surface area contributed by atoms with Crippen LogP contribution >= 0.6 is 0 Å². The Morgan fingerprint density at radius 1 is 1.55 bits per heavy atom. The predicted molar refractivity (Wildman–Crippen MR) is 77.1 cm³/mol. The van der Waals surface area contributed by atoms with Gasteiger partial charge in [0.15, 0.2) is 0 Å². The van der Waals surface area contributed by atoms with Crippen molar-refractivity contribution in [1.29, 1.82) is 0 Å². The van der Waals surface area contributed by atoms with E-state index in [0.29, 0.717) is 26.2 Å². The molecule has 1 aromatic rings. The summed E-state index contributed by atoms with van der Waals surface area (Å²) in [6.07, 6.45) is 5.37. The number of piperidine rings is 1. The lowest BCUT2D eigenvalue weighted by Gasteiger charge is -2.32. The Hall–Kier alpha value is -0.960. The highest BCUT2D eigenvalue weighted by Crippen LogP contribution is 2.17. The molecule has 0 bridgehead atoms. The van der Waals surface area contributed by atoms with Gasteiger partial charge in [0.1, 0.15) is 0 Å². The van der Waals surface area contributed by atoms with Gasteiger partial charge in [-0.2, -0.15) is 22.5 Å². The summed E-state index contributed by atoms with van der Waals surface area (Å²) in [5.41, 5.74) is 5.65. The summed E-state index contributed by atoms with van der Waals surface area (Å²) >= 11 is 0. The van der Waals surface area contributed by atoms with E-state index in [1.807, 2.05) is 19.2 Å². The predicted octanol–water partition coefficient (Wildman–Crippen LogP) is -0.223. The normalized spacial score (nSPS) is 22.8. The minimum atomic E-state index is -3.44. The number of hydrogen-bond acceptors (Lipinski definition) is 4. The van der Waals surface area contributed by atoms with Crippen molar-refractivity contribution in [3.63, 3.8) is 0 Å². The Balaban J connectivity index is 1.92. The SMILES string of the molecule is CC(Cn1cccn1)NS(=O)(=O)N1CCCC(CN)C1. The van der Waals surface area contributed by atoms with Gasteiger partial charge in [0.2, 0.25) is 0 Å². The van der Waals surface area contributed by atoms with E-state index in [0.717, 1.165) is 12.8 Å². The molecule has 0 spiro atoms. The zero-order valence-corrected chi connectivity index (χ0v) is 12.6. The molecule has 1 fully saturated rings. The lowest BCUT2D eigenvalue weighted by molar-refractivity contribution is 0.267. The summed E-state index contributed by atoms with van der Waals surface area (Å²) in [6, 6.07) is 1.61. The molecule has 1 aliphatic rings. The van der Waals surface area contributed by atoms with Crippen LogP contribution in [0.4, 0.5) is 0 Å². The van der Waals surface area contributed by atoms with E-state index in [2.05, 4.69) is 9.82 Å². The first-order valence-electron chi connectivity index (χ1n) is 6.96. The van der Waals surface area contributed by atoms with Crippen molar-refractivity contribution in [3.05, 3.63) is 18.5 Å². The molecule has 8 heteroatoms. The van der Waals surface area contributed by atoms with Gasteiger partial charge in [-0.15, -0.1) is 0 Å². The van der Waals surface area contributed by atoms with Gasteiger partial charge in [-0.3, -0.25) is 4.68 Å². The Bertz CT molecular complexity index is 502. The van der Waals surface area contributed by atoms with Crippen LogP contribution in [0.1, 0.15) is 19.8 Å². The molecular formula is C12H23N5O2S. The molecule has 0 amide bonds. The molecule has 1 saturated heterocycles. The molecule has 0 saturated carbocycles. The van der Waals surface area contributed by atoms with E-state index in [4.69, 9.17) is 5.73 Å². The van der Waals surface area contributed by atoms with Gasteiger partial charge >= 0.3 is 0 Å². The van der Waals surface area contributed by atoms with Gasteiger partial charge in [-0.05, 0) is 38.3 Å². The molecule has 0 aromatic carbocycles. The monoisotopic (exact) mass is 301 g/mol. The maximum Gasteiger partial charge on any atom is 0.279 e. The number of rotatable bonds is 6. The van der Waals surface area contributed by atoms with E-state index in [9.17, 15) is 8.42 Å². The third-order valence-electron chi connectivity index (χ3n) is 3.53. The summed E-state index contributed by atoms with van der Waals surface area (Å²) in [6.45, 7) is 3.97. The molecule has 2 atom stereocenters. The molecular weight excluding hydrogens is 278 g/mol. The Kier molecular flexibility index (Phi) is 5.14. The fourth-order valence-electron chi connectivity index (χ4n) is 2.49. The average Bonchev–Trinajstić information content (AvgIpc) is 2.91. The number of nitrogens with one attached hydrogen (secondary N) is 1. The number of hydrogen-bond donors (Lipinski definition) is 2. The Labute approximate surface area is 120 Å². The molecule has 3 N–H and O–H groups in total. The quantitative estimate of drug-likeness (QED) is 0.759. The second-order valence-electron chi connectivity index (χ2n) is 5.35. The molecule has 0 aliphatic carbocycles. The van der Waals surface area contributed by atoms with Gasteiger partial charge in [-0.1, -0.05) is 0 Å². The van der Waals surface area contributed by atoms with E-state index in [1.165, 1.54) is 4.31 Å². The molecule has 2 heterocycles. The highest BCUT2D eigenvalue weighted by molar-refractivity contribution is 7.87. The van der Waals surface area contributed by atoms with Crippen LogP contribution in [-0.2, 0) is 16.8 Å². The molecule has 114 valence electrons. The fourth-order valence-corrected chi connectivity index (χ4v) is 4.00. The first kappa shape index (κ1) is 15.4. The van der Waals surface area contributed by atoms with E-state index in [1.54, 1.807) is 10.9 Å². The van der Waals surface area contributed by atoms with Crippen LogP contribution in [0.2, 0.25) is 0 Å². The summed E-state index contributed by atoms with van der Waals surface area (Å²) < 4.78 is 30.6. The summed E-state index contributed by atoms with van der Waals surface area (Å²) in [7, 11) is -3.44. The molecule has 2 rings (SSSR count). The lowest BCUT2D eigenvalue weighted by Crippen LogP contribution is -2.50. The molecule has 1 aliphatic heterocycles. The van der Waals surface area contributed by atoms with Crippen LogP contribution in [0.3, 0.4) is 0 Å². The van der Waals surface area contributed by atoms with Crippen molar-refractivity contribution in [2.75, 3.05) is 19.6 Å². The average molecular weight is 301 g/mol. The van der Waals surface area contributed by atoms with Crippen LogP contribution in [0.15, 0.2) is 18.5 Å². The van der Waals surface area contributed by atoms with E-state index >= 15 is 0 Å². The van der Waals surface area contributed by atoms with Crippen molar-refractivity contribution in [2.45, 2.75) is 32.4 Å². The molecule has 0 radical (unpaired) electrons. The summed E-state index contributed by atoms with van der Waals surface area (Å²) in [5.74, 6) is 0.266. The standard InChI is InChI=1S/C12H23N5O2S/c1-11(9-16-6-3-5-14-16)15-20(18,19)17-7-2-4-12(8-13)10-17/h3,5-6,11-12,15H,2,4,7-10,13H2,1H3. The summed E-state index contributed by atoms with van der Waals surface area (Å²) in [4.78, 5) is 0. The first-order valence-corrected chi connectivity index (χ1v) is 8.40. The highest BCUT2D eigenvalue weighted by atomic mass is 32.2. The van der Waals surface area contributed by atoms with Crippen LogP contribution < -0.4 is 10.5 Å². The minimum absolute atomic E-state index is 0.210. The largest absolute Gasteiger partial charge is 0.330 e. The minimum Gasteiger partial charge on any atom is -0.330 e. The van der Waals surface area contributed by atoms with Gasteiger partial charge < -0.3 is 5.73 Å². The van der Waals surface area contributed by atoms with Crippen LogP contribution in [0.5, 0.6) is 0 Å². The Morgan fingerprint density at radius 2 is 2.35 bits per heavy atom. The third-order valence-corrected chi connectivity index (χ3v) is 5.24. The molecule has 7 nitrogen and oxygen atoms in total. The maximum absolute atomic E-state index is 12.3. The van der Waals surface area contributed by atoms with Crippen LogP contribution in [0, 0.1) is 5.92 Å². The van der Waals surface area contributed by atoms with Crippen molar-refractivity contribution in [2.24, 2.45) is 11.7 Å². The lowest BCUT2D eigenvalue weighted by atomic mass is 10.0. The van der Waals surface area contributed by atoms with Crippen LogP contribution in [-0.4, -0.2) is 48.2 Å². The number of aromatic nitrogens is 2. The first-order chi connectivity index (χ1) is 9.51. The second kappa shape index (κ2) is 6.66. The van der Waals surface area contributed by atoms with Gasteiger partial charge in [-0.25, -0.2) is 0 Å². The van der Waals surface area contributed by atoms with Gasteiger partial charge in [0, 0.05) is 31.5 Å². The van der Waals surface area contributed by atoms with Crippen molar-refractivity contribution in [1.82, 2.24) is 18.8 Å². The van der Waals surface area contributed by atoms with Gasteiger partial charge in [0.05, 0.1) is 6.54 Å².